The van der Waals surface area contributed by atoms with Crippen LogP contribution in [0.25, 0.3) is 0 Å². The summed E-state index contributed by atoms with van der Waals surface area (Å²) in [5, 5.41) is 9.75. The Morgan fingerprint density at radius 3 is 2.59 bits per heavy atom. The lowest BCUT2D eigenvalue weighted by molar-refractivity contribution is 0.176. The molecule has 1 N–H and O–H groups in total. The predicted molar refractivity (Wildman–Crippen MR) is 86.0 cm³/mol. The summed E-state index contributed by atoms with van der Waals surface area (Å²) in [6.45, 7) is 5.82. The van der Waals surface area contributed by atoms with Crippen LogP contribution in [-0.4, -0.2) is 59.3 Å². The van der Waals surface area contributed by atoms with Gasteiger partial charge in [-0.3, -0.25) is 0 Å². The third-order valence-electron chi connectivity index (χ3n) is 5.50. The zero-order valence-electron chi connectivity index (χ0n) is 13.2. The molecule has 1 aromatic rings. The topological polar surface area (TPSA) is 52.5 Å². The maximum absolute atomic E-state index is 9.75. The quantitative estimate of drug-likeness (QED) is 0.893. The Morgan fingerprint density at radius 1 is 1.09 bits per heavy atom. The number of rotatable bonds is 5. The van der Waals surface area contributed by atoms with E-state index in [9.17, 15) is 5.11 Å². The van der Waals surface area contributed by atoms with Crippen LogP contribution in [0.4, 0.5) is 5.82 Å². The van der Waals surface area contributed by atoms with Crippen LogP contribution in [0.15, 0.2) is 12.4 Å². The second-order valence-electron chi connectivity index (χ2n) is 7.19. The highest BCUT2D eigenvalue weighted by Gasteiger charge is 2.35. The van der Waals surface area contributed by atoms with Crippen LogP contribution < -0.4 is 4.90 Å². The number of hydrogen-bond donors (Lipinski definition) is 1. The van der Waals surface area contributed by atoms with Crippen molar-refractivity contribution >= 4 is 5.82 Å². The molecule has 2 atom stereocenters. The minimum atomic E-state index is 0.287. The van der Waals surface area contributed by atoms with Crippen LogP contribution in [0.3, 0.4) is 0 Å². The van der Waals surface area contributed by atoms with E-state index in [4.69, 9.17) is 0 Å². The third kappa shape index (κ3) is 2.97. The number of anilines is 1. The molecule has 4 rings (SSSR count). The third-order valence-corrected chi connectivity index (χ3v) is 5.50. The lowest BCUT2D eigenvalue weighted by atomic mass is 9.96. The summed E-state index contributed by atoms with van der Waals surface area (Å²) in [5.74, 6) is 2.65. The highest BCUT2D eigenvalue weighted by Crippen LogP contribution is 2.40. The summed E-state index contributed by atoms with van der Waals surface area (Å²) in [6, 6.07) is 2.17. The van der Waals surface area contributed by atoms with E-state index >= 15 is 0 Å². The summed E-state index contributed by atoms with van der Waals surface area (Å²) in [7, 11) is 0. The fourth-order valence-corrected chi connectivity index (χ4v) is 3.97. The van der Waals surface area contributed by atoms with Crippen LogP contribution in [0.2, 0.25) is 0 Å². The predicted octanol–water partition coefficient (Wildman–Crippen LogP) is 1.49. The van der Waals surface area contributed by atoms with Crippen molar-refractivity contribution in [3.05, 3.63) is 18.1 Å². The molecule has 0 amide bonds. The van der Waals surface area contributed by atoms with E-state index in [1.807, 2.05) is 0 Å². The molecule has 5 nitrogen and oxygen atoms in total. The average Bonchev–Trinajstić information content (AvgIpc) is 3.13. The summed E-state index contributed by atoms with van der Waals surface area (Å²) < 4.78 is 0. The zero-order chi connectivity index (χ0) is 14.9. The summed E-state index contributed by atoms with van der Waals surface area (Å²) in [5.41, 5.74) is 1.20. The molecule has 22 heavy (non-hydrogen) atoms. The number of nitrogens with zero attached hydrogens (tertiary/aromatic N) is 4. The average molecular weight is 302 g/mol. The first kappa shape index (κ1) is 14.4. The summed E-state index contributed by atoms with van der Waals surface area (Å²) in [6.07, 6.45) is 6.92. The van der Waals surface area contributed by atoms with E-state index in [1.165, 1.54) is 44.5 Å². The van der Waals surface area contributed by atoms with Crippen LogP contribution in [-0.2, 0) is 0 Å². The highest BCUT2D eigenvalue weighted by atomic mass is 16.3. The van der Waals surface area contributed by atoms with Crippen molar-refractivity contribution in [1.82, 2.24) is 14.9 Å². The lowest BCUT2D eigenvalue weighted by Gasteiger charge is -2.23. The van der Waals surface area contributed by atoms with Gasteiger partial charge in [0.15, 0.2) is 0 Å². The van der Waals surface area contributed by atoms with E-state index in [0.29, 0.717) is 17.8 Å². The van der Waals surface area contributed by atoms with Crippen molar-refractivity contribution in [2.45, 2.75) is 31.6 Å². The molecule has 0 aromatic carbocycles. The largest absolute Gasteiger partial charge is 0.396 e. The van der Waals surface area contributed by atoms with Crippen molar-refractivity contribution in [2.24, 2.45) is 11.8 Å². The molecule has 0 radical (unpaired) electrons. The van der Waals surface area contributed by atoms with Gasteiger partial charge in [-0.1, -0.05) is 0 Å². The number of aliphatic hydroxyl groups excluding tert-OH is 1. The standard InChI is InChI=1S/C17H26N4O/c22-11-15-10-21(9-14(15)8-20-5-1-2-6-20)17-7-16(13-3-4-13)18-12-19-17/h7,12-15,22H,1-6,8-11H2/t14-,15-/m1/s1. The molecular formula is C17H26N4O. The monoisotopic (exact) mass is 302 g/mol. The normalized spacial score (nSPS) is 29.4. The van der Waals surface area contributed by atoms with Gasteiger partial charge in [0.1, 0.15) is 12.1 Å². The van der Waals surface area contributed by atoms with Gasteiger partial charge in [0.05, 0.1) is 0 Å². The fraction of sp³-hybridized carbons (Fsp3) is 0.765. The molecule has 120 valence electrons. The van der Waals surface area contributed by atoms with Gasteiger partial charge >= 0.3 is 0 Å². The molecule has 0 bridgehead atoms. The highest BCUT2D eigenvalue weighted by molar-refractivity contribution is 5.42. The Bertz CT molecular complexity index is 513. The van der Waals surface area contributed by atoms with E-state index < -0.39 is 0 Å². The van der Waals surface area contributed by atoms with Gasteiger partial charge in [0, 0.05) is 49.8 Å². The molecule has 0 spiro atoms. The summed E-state index contributed by atoms with van der Waals surface area (Å²) in [4.78, 5) is 13.8. The van der Waals surface area contributed by atoms with Crippen LogP contribution >= 0.6 is 0 Å². The van der Waals surface area contributed by atoms with Crippen molar-refractivity contribution in [1.29, 1.82) is 0 Å². The smallest absolute Gasteiger partial charge is 0.132 e. The van der Waals surface area contributed by atoms with Gasteiger partial charge in [-0.2, -0.15) is 0 Å². The van der Waals surface area contributed by atoms with Gasteiger partial charge in [-0.25, -0.2) is 9.97 Å². The molecule has 3 aliphatic rings. The second-order valence-corrected chi connectivity index (χ2v) is 7.19. The SMILES string of the molecule is OC[C@H]1CN(c2cc(C3CC3)ncn2)C[C@H]1CN1CCCC1. The van der Waals surface area contributed by atoms with Crippen LogP contribution in [0.5, 0.6) is 0 Å². The molecule has 3 fully saturated rings. The molecule has 5 heteroatoms. The Labute approximate surface area is 132 Å². The molecule has 0 unspecified atom stereocenters. The van der Waals surface area contributed by atoms with E-state index in [1.54, 1.807) is 6.33 Å². The Morgan fingerprint density at radius 2 is 1.86 bits per heavy atom. The van der Waals surface area contributed by atoms with Gasteiger partial charge < -0.3 is 14.9 Å². The van der Waals surface area contributed by atoms with E-state index in [0.717, 1.165) is 25.5 Å². The van der Waals surface area contributed by atoms with Crippen LogP contribution in [0, 0.1) is 11.8 Å². The fourth-order valence-electron chi connectivity index (χ4n) is 3.97. The Kier molecular flexibility index (Phi) is 4.01. The maximum Gasteiger partial charge on any atom is 0.132 e. The molecule has 3 heterocycles. The van der Waals surface area contributed by atoms with E-state index in [2.05, 4.69) is 25.8 Å². The number of aliphatic hydroxyl groups is 1. The second kappa shape index (κ2) is 6.13. The Balaban J connectivity index is 1.45. The van der Waals surface area contributed by atoms with Gasteiger partial charge in [0.2, 0.25) is 0 Å². The molecular weight excluding hydrogens is 276 g/mol. The molecule has 1 aromatic heterocycles. The van der Waals surface area contributed by atoms with Gasteiger partial charge in [0.25, 0.3) is 0 Å². The summed E-state index contributed by atoms with van der Waals surface area (Å²) >= 11 is 0. The molecule has 2 aliphatic heterocycles. The minimum Gasteiger partial charge on any atom is -0.396 e. The van der Waals surface area contributed by atoms with Gasteiger partial charge in [-0.15, -0.1) is 0 Å². The molecule has 2 saturated heterocycles. The van der Waals surface area contributed by atoms with Crippen molar-refractivity contribution in [3.63, 3.8) is 0 Å². The number of hydrogen-bond acceptors (Lipinski definition) is 5. The first-order valence-electron chi connectivity index (χ1n) is 8.73. The first-order valence-corrected chi connectivity index (χ1v) is 8.73. The van der Waals surface area contributed by atoms with Crippen molar-refractivity contribution in [2.75, 3.05) is 44.2 Å². The Hall–Kier alpha value is -1.20. The van der Waals surface area contributed by atoms with Gasteiger partial charge in [-0.05, 0) is 44.7 Å². The van der Waals surface area contributed by atoms with Crippen molar-refractivity contribution < 1.29 is 5.11 Å². The molecule has 1 saturated carbocycles. The van der Waals surface area contributed by atoms with Crippen LogP contribution in [0.1, 0.15) is 37.3 Å². The number of aromatic nitrogens is 2. The zero-order valence-corrected chi connectivity index (χ0v) is 13.2. The molecule has 1 aliphatic carbocycles. The number of likely N-dealkylation sites (tertiary alicyclic amines) is 1. The first-order chi connectivity index (χ1) is 10.8. The van der Waals surface area contributed by atoms with E-state index in [-0.39, 0.29) is 6.61 Å². The van der Waals surface area contributed by atoms with Crippen molar-refractivity contribution in [3.8, 4) is 0 Å². The minimum absolute atomic E-state index is 0.287. The maximum atomic E-state index is 9.75. The lowest BCUT2D eigenvalue weighted by Crippen LogP contribution is -2.32.